The zero-order valence-corrected chi connectivity index (χ0v) is 26.0. The number of aryl methyl sites for hydroxylation is 1. The summed E-state index contributed by atoms with van der Waals surface area (Å²) < 4.78 is 44.1. The quantitative estimate of drug-likeness (QED) is 0.282. The number of piperazine rings is 1. The molecular weight excluding hydrogens is 595 g/mol. The van der Waals surface area contributed by atoms with Gasteiger partial charge in [-0.15, -0.1) is 0 Å². The Bertz CT molecular complexity index is 2010. The Kier molecular flexibility index (Phi) is 7.57. The number of pyridine rings is 1. The standard InChI is InChI=1S/C33H35FN6O4S/c1-20-24(25-16-22(34)7-8-28(25)36-20)17-31(41)40-12-11-39(23-9-13-45(42,43)14-10-23)19-30(40)32-35-18-29(37-32)26-15-21-5-3-4-6-27(21)38-33(26)44-2/h3-8,15-16,18,23,30,36H,9-14,17,19H2,1-2H3,(H,35,37). The number of aromatic nitrogens is 4. The minimum atomic E-state index is -3.01. The van der Waals surface area contributed by atoms with Gasteiger partial charge in [-0.25, -0.2) is 22.8 Å². The number of fused-ring (bicyclic) bond motifs is 2. The smallest absolute Gasteiger partial charge is 0.227 e. The number of hydrogen-bond acceptors (Lipinski definition) is 7. The van der Waals surface area contributed by atoms with E-state index in [4.69, 9.17) is 9.72 Å². The van der Waals surface area contributed by atoms with Crippen molar-refractivity contribution in [3.05, 3.63) is 77.6 Å². The van der Waals surface area contributed by atoms with Crippen molar-refractivity contribution in [2.45, 2.75) is 38.3 Å². The van der Waals surface area contributed by atoms with Gasteiger partial charge in [-0.2, -0.15) is 0 Å². The molecule has 2 fully saturated rings. The molecule has 12 heteroatoms. The number of amides is 1. The van der Waals surface area contributed by atoms with E-state index in [1.807, 2.05) is 42.2 Å². The molecule has 2 aliphatic heterocycles. The molecule has 7 rings (SSSR count). The van der Waals surface area contributed by atoms with Crippen molar-refractivity contribution in [2.24, 2.45) is 0 Å². The third-order valence-corrected chi connectivity index (χ3v) is 11.0. The number of carbonyl (C=O) groups is 1. The highest BCUT2D eigenvalue weighted by Gasteiger charge is 2.38. The molecule has 10 nitrogen and oxygen atoms in total. The molecule has 0 aliphatic carbocycles. The molecule has 3 aromatic heterocycles. The second kappa shape index (κ2) is 11.6. The highest BCUT2D eigenvalue weighted by atomic mass is 32.2. The molecule has 5 heterocycles. The lowest BCUT2D eigenvalue weighted by molar-refractivity contribution is -0.136. The van der Waals surface area contributed by atoms with Crippen LogP contribution in [0.5, 0.6) is 5.88 Å². The van der Waals surface area contributed by atoms with E-state index in [0.29, 0.717) is 49.6 Å². The number of carbonyl (C=O) groups excluding carboxylic acids is 1. The van der Waals surface area contributed by atoms with Crippen molar-refractivity contribution in [1.29, 1.82) is 0 Å². The molecule has 1 amide bonds. The summed E-state index contributed by atoms with van der Waals surface area (Å²) in [5, 5.41) is 1.67. The van der Waals surface area contributed by atoms with Crippen LogP contribution in [0, 0.1) is 12.7 Å². The van der Waals surface area contributed by atoms with Crippen molar-refractivity contribution in [2.75, 3.05) is 38.2 Å². The first-order valence-electron chi connectivity index (χ1n) is 15.2. The summed E-state index contributed by atoms with van der Waals surface area (Å²) in [6.07, 6.45) is 3.01. The lowest BCUT2D eigenvalue weighted by Gasteiger charge is -2.44. The maximum Gasteiger partial charge on any atom is 0.227 e. The molecule has 2 aliphatic rings. The average Bonchev–Trinajstić information content (AvgIpc) is 3.64. The van der Waals surface area contributed by atoms with Gasteiger partial charge in [0.15, 0.2) is 0 Å². The van der Waals surface area contributed by atoms with Crippen LogP contribution in [0.3, 0.4) is 0 Å². The van der Waals surface area contributed by atoms with E-state index in [1.54, 1.807) is 19.4 Å². The highest BCUT2D eigenvalue weighted by molar-refractivity contribution is 7.91. The minimum Gasteiger partial charge on any atom is -0.480 e. The van der Waals surface area contributed by atoms with Crippen molar-refractivity contribution >= 4 is 37.6 Å². The largest absolute Gasteiger partial charge is 0.480 e. The number of benzene rings is 2. The van der Waals surface area contributed by atoms with Crippen LogP contribution in [0.15, 0.2) is 54.7 Å². The van der Waals surface area contributed by atoms with Crippen molar-refractivity contribution in [3.63, 3.8) is 0 Å². The van der Waals surface area contributed by atoms with Crippen LogP contribution in [0.25, 0.3) is 33.1 Å². The van der Waals surface area contributed by atoms with Crippen LogP contribution in [-0.4, -0.2) is 88.4 Å². The van der Waals surface area contributed by atoms with Crippen LogP contribution >= 0.6 is 0 Å². The average molecular weight is 631 g/mol. The fourth-order valence-corrected chi connectivity index (χ4v) is 8.30. The summed E-state index contributed by atoms with van der Waals surface area (Å²) >= 11 is 0. The molecule has 1 atom stereocenters. The summed E-state index contributed by atoms with van der Waals surface area (Å²) in [4.78, 5) is 34.4. The van der Waals surface area contributed by atoms with Crippen LogP contribution in [0.2, 0.25) is 0 Å². The van der Waals surface area contributed by atoms with Crippen molar-refractivity contribution in [1.82, 2.24) is 29.7 Å². The van der Waals surface area contributed by atoms with E-state index in [-0.39, 0.29) is 35.7 Å². The predicted octanol–water partition coefficient (Wildman–Crippen LogP) is 4.57. The second-order valence-corrected chi connectivity index (χ2v) is 14.3. The number of sulfone groups is 1. The third-order valence-electron chi connectivity index (χ3n) is 9.27. The van der Waals surface area contributed by atoms with Gasteiger partial charge in [0.05, 0.1) is 48.0 Å². The van der Waals surface area contributed by atoms with Crippen molar-refractivity contribution < 1.29 is 22.3 Å². The Hall–Kier alpha value is -4.29. The molecule has 45 heavy (non-hydrogen) atoms. The number of imidazole rings is 1. The molecule has 1 unspecified atom stereocenters. The second-order valence-electron chi connectivity index (χ2n) is 12.0. The monoisotopic (exact) mass is 630 g/mol. The molecular formula is C33H35FN6O4S. The molecule has 5 aromatic rings. The van der Waals surface area contributed by atoms with Crippen LogP contribution < -0.4 is 4.74 Å². The van der Waals surface area contributed by atoms with E-state index in [1.165, 1.54) is 12.1 Å². The molecule has 0 radical (unpaired) electrons. The fraction of sp³-hybridized carbons (Fsp3) is 0.364. The summed E-state index contributed by atoms with van der Waals surface area (Å²) in [6, 6.07) is 14.1. The maximum atomic E-state index is 14.2. The predicted molar refractivity (Wildman–Crippen MR) is 170 cm³/mol. The Labute approximate surface area is 260 Å². The van der Waals surface area contributed by atoms with Gasteiger partial charge in [0.1, 0.15) is 27.5 Å². The number of aromatic amines is 2. The topological polar surface area (TPSA) is 124 Å². The van der Waals surface area contributed by atoms with Gasteiger partial charge in [0, 0.05) is 47.7 Å². The molecule has 234 valence electrons. The van der Waals surface area contributed by atoms with Gasteiger partial charge in [0.25, 0.3) is 0 Å². The zero-order valence-electron chi connectivity index (χ0n) is 25.2. The van der Waals surface area contributed by atoms with E-state index in [2.05, 4.69) is 19.9 Å². The molecule has 2 aromatic carbocycles. The lowest BCUT2D eigenvalue weighted by atomic mass is 10.0. The van der Waals surface area contributed by atoms with Gasteiger partial charge >= 0.3 is 0 Å². The number of methoxy groups -OCH3 is 1. The summed E-state index contributed by atoms with van der Waals surface area (Å²) in [7, 11) is -1.42. The highest BCUT2D eigenvalue weighted by Crippen LogP contribution is 2.34. The fourth-order valence-electron chi connectivity index (χ4n) is 6.84. The number of para-hydroxylation sites is 1. The van der Waals surface area contributed by atoms with Crippen LogP contribution in [-0.2, 0) is 21.1 Å². The first kappa shape index (κ1) is 29.4. The summed E-state index contributed by atoms with van der Waals surface area (Å²) in [5.41, 5.74) is 4.70. The Balaban J connectivity index is 1.22. The Morgan fingerprint density at radius 1 is 1.09 bits per heavy atom. The summed E-state index contributed by atoms with van der Waals surface area (Å²) in [6.45, 7) is 3.50. The van der Waals surface area contributed by atoms with Gasteiger partial charge in [-0.05, 0) is 55.7 Å². The molecule has 2 N–H and O–H groups in total. The number of hydrogen-bond donors (Lipinski definition) is 2. The molecule has 0 bridgehead atoms. The summed E-state index contributed by atoms with van der Waals surface area (Å²) in [5.74, 6) is 1.02. The maximum absolute atomic E-state index is 14.2. The molecule has 0 saturated carbocycles. The first-order valence-corrected chi connectivity index (χ1v) is 17.0. The number of rotatable bonds is 6. The third kappa shape index (κ3) is 5.68. The van der Waals surface area contributed by atoms with E-state index < -0.39 is 15.9 Å². The van der Waals surface area contributed by atoms with Gasteiger partial charge in [-0.3, -0.25) is 9.69 Å². The van der Waals surface area contributed by atoms with Crippen LogP contribution in [0.4, 0.5) is 4.39 Å². The zero-order chi connectivity index (χ0) is 31.3. The van der Waals surface area contributed by atoms with E-state index >= 15 is 0 Å². The van der Waals surface area contributed by atoms with E-state index in [0.717, 1.165) is 38.9 Å². The Morgan fingerprint density at radius 2 is 1.89 bits per heavy atom. The van der Waals surface area contributed by atoms with Gasteiger partial charge in [0.2, 0.25) is 11.8 Å². The number of halogens is 1. The lowest BCUT2D eigenvalue weighted by Crippen LogP contribution is -2.55. The van der Waals surface area contributed by atoms with Gasteiger partial charge in [-0.1, -0.05) is 18.2 Å². The van der Waals surface area contributed by atoms with E-state index in [9.17, 15) is 17.6 Å². The van der Waals surface area contributed by atoms with Crippen LogP contribution in [0.1, 0.15) is 36.0 Å². The molecule has 0 spiro atoms. The first-order chi connectivity index (χ1) is 21.7. The van der Waals surface area contributed by atoms with Gasteiger partial charge < -0.3 is 19.6 Å². The molecule has 2 saturated heterocycles. The number of nitrogens with one attached hydrogen (secondary N) is 2. The number of H-pyrrole nitrogens is 2. The SMILES string of the molecule is COc1nc2ccccc2cc1-c1cnc(C2CN(C3CCS(=O)(=O)CC3)CCN2C(=O)Cc2c(C)[nH]c3ccc(F)cc23)[nH]1. The van der Waals surface area contributed by atoms with Crippen molar-refractivity contribution in [3.8, 4) is 17.1 Å². The Morgan fingerprint density at radius 3 is 2.69 bits per heavy atom. The minimum absolute atomic E-state index is 0.0814. The number of ether oxygens (including phenoxy) is 1. The number of nitrogens with zero attached hydrogens (tertiary/aromatic N) is 4. The normalized spacial score (nSPS) is 19.4.